The van der Waals surface area contributed by atoms with Gasteiger partial charge < -0.3 is 26.8 Å². The smallest absolute Gasteiger partial charge is 0.246 e. The Morgan fingerprint density at radius 2 is 1.86 bits per heavy atom. The normalized spacial score (nSPS) is 10.3. The highest BCUT2D eigenvalue weighted by Gasteiger charge is 2.06. The quantitative estimate of drug-likeness (QED) is 0.340. The van der Waals surface area contributed by atoms with Crippen LogP contribution in [0.3, 0.4) is 0 Å². The van der Waals surface area contributed by atoms with Gasteiger partial charge in [0.2, 0.25) is 5.91 Å². The number of carbonyl (C=O) groups is 1. The van der Waals surface area contributed by atoms with E-state index in [9.17, 15) is 4.79 Å². The molecule has 0 atom stereocenters. The molecule has 0 aromatic carbocycles. The van der Waals surface area contributed by atoms with Gasteiger partial charge in [-0.05, 0) is 6.92 Å². The lowest BCUT2D eigenvalue weighted by Gasteiger charge is -2.23. The van der Waals surface area contributed by atoms with Crippen LogP contribution in [-0.2, 0) is 4.79 Å². The molecule has 0 unspecified atom stereocenters. The van der Waals surface area contributed by atoms with Gasteiger partial charge in [-0.15, -0.1) is 0 Å². The van der Waals surface area contributed by atoms with E-state index in [0.717, 1.165) is 24.0 Å². The van der Waals surface area contributed by atoms with Crippen molar-refractivity contribution in [2.45, 2.75) is 13.3 Å². The van der Waals surface area contributed by atoms with E-state index in [-0.39, 0.29) is 22.9 Å². The maximum Gasteiger partial charge on any atom is 0.246 e. The van der Waals surface area contributed by atoms with Crippen molar-refractivity contribution in [1.82, 2.24) is 5.32 Å². The number of carbonyl (C=O) groups excluding carboxylic acids is 1. The second-order valence-electron chi connectivity index (χ2n) is 4.40. The molecule has 1 N–H and O–H groups in total. The monoisotopic (exact) mass is 264 g/mol. The molecule has 0 bridgehead atoms. The summed E-state index contributed by atoms with van der Waals surface area (Å²) in [7, 11) is 6.42. The highest BCUT2D eigenvalue weighted by Crippen LogP contribution is 1.92. The molecule has 0 aliphatic carbocycles. The lowest BCUT2D eigenvalue weighted by Crippen LogP contribution is -3.00. The minimum absolute atomic E-state index is 0. The number of amides is 1. The molecule has 0 aromatic rings. The van der Waals surface area contributed by atoms with Crippen molar-refractivity contribution in [2.24, 2.45) is 0 Å². The predicted molar refractivity (Wildman–Crippen MR) is 55.3 cm³/mol. The molecule has 3 nitrogen and oxygen atoms in total. The molecule has 0 rings (SSSR count). The van der Waals surface area contributed by atoms with Gasteiger partial charge in [0.25, 0.3) is 0 Å². The third kappa shape index (κ3) is 9.74. The topological polar surface area (TPSA) is 29.1 Å². The summed E-state index contributed by atoms with van der Waals surface area (Å²) in [5.74, 6) is -0.0404. The Morgan fingerprint density at radius 3 is 2.21 bits per heavy atom. The van der Waals surface area contributed by atoms with Gasteiger partial charge in [0.05, 0.1) is 27.7 Å². The minimum atomic E-state index is -0.0404. The third-order valence-corrected chi connectivity index (χ3v) is 1.68. The van der Waals surface area contributed by atoms with Crippen LogP contribution < -0.4 is 22.3 Å². The standard InChI is InChI=1S/C10H20N2O.BrH/c1-9(2)10(13)11-7-6-8-12(3,4)5;/h1,6-8H2,2-5H3;1H. The van der Waals surface area contributed by atoms with E-state index in [4.69, 9.17) is 0 Å². The second-order valence-corrected chi connectivity index (χ2v) is 4.40. The molecule has 0 aliphatic heterocycles. The second kappa shape index (κ2) is 7.01. The largest absolute Gasteiger partial charge is 1.00 e. The van der Waals surface area contributed by atoms with Crippen molar-refractivity contribution in [3.8, 4) is 0 Å². The maximum atomic E-state index is 11.1. The van der Waals surface area contributed by atoms with Crippen LogP contribution in [0.25, 0.3) is 0 Å². The fourth-order valence-corrected chi connectivity index (χ4v) is 0.906. The molecule has 0 aromatic heterocycles. The first-order chi connectivity index (χ1) is 5.83. The van der Waals surface area contributed by atoms with Crippen LogP contribution in [0.4, 0.5) is 0 Å². The number of rotatable bonds is 5. The molecule has 84 valence electrons. The van der Waals surface area contributed by atoms with E-state index in [1.807, 2.05) is 0 Å². The van der Waals surface area contributed by atoms with Crippen molar-refractivity contribution in [3.05, 3.63) is 12.2 Å². The Balaban J connectivity index is 0. The molecule has 0 spiro atoms. The fourth-order valence-electron chi connectivity index (χ4n) is 0.906. The van der Waals surface area contributed by atoms with Gasteiger partial charge in [-0.1, -0.05) is 6.58 Å². The summed E-state index contributed by atoms with van der Waals surface area (Å²) in [6.07, 6.45) is 1.00. The van der Waals surface area contributed by atoms with Crippen LogP contribution in [0.5, 0.6) is 0 Å². The van der Waals surface area contributed by atoms with E-state index in [1.165, 1.54) is 0 Å². The molecule has 0 heterocycles. The Morgan fingerprint density at radius 1 is 1.36 bits per heavy atom. The van der Waals surface area contributed by atoms with Crippen molar-refractivity contribution in [2.75, 3.05) is 34.2 Å². The molecule has 14 heavy (non-hydrogen) atoms. The summed E-state index contributed by atoms with van der Waals surface area (Å²) >= 11 is 0. The molecule has 0 saturated carbocycles. The summed E-state index contributed by atoms with van der Waals surface area (Å²) in [6, 6.07) is 0. The van der Waals surface area contributed by atoms with Crippen molar-refractivity contribution < 1.29 is 26.3 Å². The first kappa shape index (κ1) is 16.1. The number of quaternary nitrogens is 1. The SMILES string of the molecule is C=C(C)C(=O)NCCC[N+](C)(C)C.[Br-]. The lowest BCUT2D eigenvalue weighted by molar-refractivity contribution is -0.870. The number of hydrogen-bond donors (Lipinski definition) is 1. The molecule has 0 fully saturated rings. The van der Waals surface area contributed by atoms with E-state index < -0.39 is 0 Å². The zero-order valence-electron chi connectivity index (χ0n) is 9.56. The Hall–Kier alpha value is -0.350. The molecular formula is C10H21BrN2O. The number of hydrogen-bond acceptors (Lipinski definition) is 1. The maximum absolute atomic E-state index is 11.1. The van der Waals surface area contributed by atoms with Gasteiger partial charge in [-0.3, -0.25) is 4.79 Å². The molecular weight excluding hydrogens is 244 g/mol. The van der Waals surface area contributed by atoms with Crippen LogP contribution in [0.15, 0.2) is 12.2 Å². The van der Waals surface area contributed by atoms with E-state index in [0.29, 0.717) is 5.57 Å². The van der Waals surface area contributed by atoms with Gasteiger partial charge in [0, 0.05) is 18.5 Å². The molecule has 1 amide bonds. The number of nitrogens with one attached hydrogen (secondary N) is 1. The molecule has 4 heteroatoms. The van der Waals surface area contributed by atoms with Crippen LogP contribution in [0.2, 0.25) is 0 Å². The first-order valence-corrected chi connectivity index (χ1v) is 4.57. The molecule has 0 saturated heterocycles. The molecule has 0 aliphatic rings. The van der Waals surface area contributed by atoms with Gasteiger partial charge in [-0.2, -0.15) is 0 Å². The van der Waals surface area contributed by atoms with Crippen molar-refractivity contribution in [3.63, 3.8) is 0 Å². The average molecular weight is 265 g/mol. The highest BCUT2D eigenvalue weighted by atomic mass is 79.9. The zero-order valence-corrected chi connectivity index (χ0v) is 11.1. The summed E-state index contributed by atoms with van der Waals surface area (Å²) in [4.78, 5) is 11.1. The summed E-state index contributed by atoms with van der Waals surface area (Å²) in [5.41, 5.74) is 0.574. The number of nitrogens with zero attached hydrogens (tertiary/aromatic N) is 1. The number of halogens is 1. The van der Waals surface area contributed by atoms with Gasteiger partial charge in [0.15, 0.2) is 0 Å². The Labute approximate surface area is 97.5 Å². The van der Waals surface area contributed by atoms with Crippen LogP contribution in [0.1, 0.15) is 13.3 Å². The van der Waals surface area contributed by atoms with E-state index >= 15 is 0 Å². The van der Waals surface area contributed by atoms with Gasteiger partial charge in [0.1, 0.15) is 0 Å². The van der Waals surface area contributed by atoms with Gasteiger partial charge >= 0.3 is 0 Å². The van der Waals surface area contributed by atoms with E-state index in [1.54, 1.807) is 6.92 Å². The van der Waals surface area contributed by atoms with Crippen LogP contribution >= 0.6 is 0 Å². The summed E-state index contributed by atoms with van der Waals surface area (Å²) in [5, 5.41) is 2.81. The third-order valence-electron chi connectivity index (χ3n) is 1.68. The van der Waals surface area contributed by atoms with Crippen molar-refractivity contribution >= 4 is 5.91 Å². The highest BCUT2D eigenvalue weighted by molar-refractivity contribution is 5.91. The van der Waals surface area contributed by atoms with Gasteiger partial charge in [-0.25, -0.2) is 0 Å². The fraction of sp³-hybridized carbons (Fsp3) is 0.700. The Kier molecular flexibility index (Phi) is 8.06. The summed E-state index contributed by atoms with van der Waals surface area (Å²) in [6.45, 7) is 7.09. The van der Waals surface area contributed by atoms with Crippen LogP contribution in [0, 0.1) is 0 Å². The van der Waals surface area contributed by atoms with Crippen molar-refractivity contribution in [1.29, 1.82) is 0 Å². The molecule has 0 radical (unpaired) electrons. The first-order valence-electron chi connectivity index (χ1n) is 4.57. The Bertz CT molecular complexity index is 197. The average Bonchev–Trinajstić information content (AvgIpc) is 1.95. The summed E-state index contributed by atoms with van der Waals surface area (Å²) < 4.78 is 0.933. The predicted octanol–water partition coefficient (Wildman–Crippen LogP) is -2.22. The van der Waals surface area contributed by atoms with Crippen LogP contribution in [-0.4, -0.2) is 44.6 Å². The zero-order chi connectivity index (χ0) is 10.5. The van der Waals surface area contributed by atoms with E-state index in [2.05, 4.69) is 33.0 Å². The minimum Gasteiger partial charge on any atom is -1.00 e. The lowest BCUT2D eigenvalue weighted by atomic mass is 10.3.